The Balaban J connectivity index is 2.03. The van der Waals surface area contributed by atoms with Gasteiger partial charge >= 0.3 is 0 Å². The topological polar surface area (TPSA) is 81.4 Å². The first-order chi connectivity index (χ1) is 10.0. The van der Waals surface area contributed by atoms with Gasteiger partial charge in [0, 0.05) is 19.3 Å². The number of ether oxygens (including phenoxy) is 1. The van der Waals surface area contributed by atoms with Crippen LogP contribution < -0.4 is 10.5 Å². The lowest BCUT2D eigenvalue weighted by molar-refractivity contribution is 0.0654. The Bertz CT molecular complexity index is 554. The lowest BCUT2D eigenvalue weighted by atomic mass is 9.98. The Morgan fingerprint density at radius 2 is 2.10 bits per heavy atom. The van der Waals surface area contributed by atoms with E-state index in [9.17, 15) is 8.42 Å². The zero-order valence-corrected chi connectivity index (χ0v) is 13.2. The molecule has 118 valence electrons. The maximum Gasteiger partial charge on any atom is 0.238 e. The van der Waals surface area contributed by atoms with Gasteiger partial charge in [0.1, 0.15) is 0 Å². The van der Waals surface area contributed by atoms with Gasteiger partial charge in [0.05, 0.1) is 4.90 Å². The Labute approximate surface area is 126 Å². The molecule has 0 amide bonds. The van der Waals surface area contributed by atoms with Crippen molar-refractivity contribution < 1.29 is 13.2 Å². The van der Waals surface area contributed by atoms with E-state index in [1.54, 1.807) is 12.1 Å². The summed E-state index contributed by atoms with van der Waals surface area (Å²) in [6.45, 7) is 4.70. The highest BCUT2D eigenvalue weighted by Gasteiger charge is 2.17. The fourth-order valence-corrected chi connectivity index (χ4v) is 3.23. The van der Waals surface area contributed by atoms with Crippen molar-refractivity contribution in [1.29, 1.82) is 0 Å². The van der Waals surface area contributed by atoms with Crippen molar-refractivity contribution >= 4 is 10.0 Å². The van der Waals surface area contributed by atoms with E-state index in [1.165, 1.54) is 6.07 Å². The van der Waals surface area contributed by atoms with E-state index in [0.717, 1.165) is 44.6 Å². The molecule has 1 fully saturated rings. The van der Waals surface area contributed by atoms with E-state index < -0.39 is 10.0 Å². The zero-order valence-electron chi connectivity index (χ0n) is 12.4. The second-order valence-corrected chi connectivity index (χ2v) is 7.10. The summed E-state index contributed by atoms with van der Waals surface area (Å²) in [5, 5.41) is 8.74. The second kappa shape index (κ2) is 7.35. The van der Waals surface area contributed by atoms with E-state index in [4.69, 9.17) is 9.88 Å². The normalized spacial score (nSPS) is 18.6. The summed E-state index contributed by atoms with van der Waals surface area (Å²) in [4.78, 5) is 0.173. The van der Waals surface area contributed by atoms with Crippen LogP contribution in [0.4, 0.5) is 0 Å². The number of sulfonamides is 1. The maximum atomic E-state index is 11.4. The van der Waals surface area contributed by atoms with Crippen LogP contribution in [0.1, 0.15) is 37.8 Å². The molecule has 0 aliphatic carbocycles. The maximum absolute atomic E-state index is 11.4. The molecule has 21 heavy (non-hydrogen) atoms. The fourth-order valence-electron chi connectivity index (χ4n) is 2.67. The fraction of sp³-hybridized carbons (Fsp3) is 0.600. The first-order valence-corrected chi connectivity index (χ1v) is 8.99. The third kappa shape index (κ3) is 4.78. The van der Waals surface area contributed by atoms with Crippen LogP contribution in [0.25, 0.3) is 0 Å². The monoisotopic (exact) mass is 312 g/mol. The first kappa shape index (κ1) is 16.4. The minimum Gasteiger partial charge on any atom is -0.381 e. The van der Waals surface area contributed by atoms with Gasteiger partial charge in [-0.3, -0.25) is 0 Å². The quantitative estimate of drug-likeness (QED) is 0.839. The van der Waals surface area contributed by atoms with E-state index in [2.05, 4.69) is 12.2 Å². The lowest BCUT2D eigenvalue weighted by Gasteiger charge is -2.25. The van der Waals surface area contributed by atoms with Crippen molar-refractivity contribution in [2.45, 2.75) is 37.1 Å². The largest absolute Gasteiger partial charge is 0.381 e. The summed E-state index contributed by atoms with van der Waals surface area (Å²) in [5.74, 6) is 0.634. The minimum absolute atomic E-state index is 0.148. The highest BCUT2D eigenvalue weighted by atomic mass is 32.2. The number of benzene rings is 1. The SMILES string of the molecule is CC[C@@H](NCC1CCOCC1)c1cccc(S(N)(=O)=O)c1. The van der Waals surface area contributed by atoms with Gasteiger partial charge < -0.3 is 10.1 Å². The van der Waals surface area contributed by atoms with Crippen molar-refractivity contribution in [1.82, 2.24) is 5.32 Å². The molecule has 0 bridgehead atoms. The van der Waals surface area contributed by atoms with Crippen LogP contribution >= 0.6 is 0 Å². The van der Waals surface area contributed by atoms with Crippen molar-refractivity contribution in [3.63, 3.8) is 0 Å². The Morgan fingerprint density at radius 1 is 1.38 bits per heavy atom. The molecule has 0 unspecified atom stereocenters. The van der Waals surface area contributed by atoms with E-state index in [-0.39, 0.29) is 10.9 Å². The molecule has 5 nitrogen and oxygen atoms in total. The Kier molecular flexibility index (Phi) is 5.75. The average molecular weight is 312 g/mol. The van der Waals surface area contributed by atoms with Gasteiger partial charge in [-0.1, -0.05) is 19.1 Å². The molecule has 0 spiro atoms. The second-order valence-electron chi connectivity index (χ2n) is 5.54. The van der Waals surface area contributed by atoms with Crippen LogP contribution in [-0.2, 0) is 14.8 Å². The Morgan fingerprint density at radius 3 is 2.71 bits per heavy atom. The minimum atomic E-state index is -3.65. The van der Waals surface area contributed by atoms with Gasteiger partial charge in [0.15, 0.2) is 0 Å². The van der Waals surface area contributed by atoms with Gasteiger partial charge in [-0.15, -0.1) is 0 Å². The molecule has 0 saturated carbocycles. The molecule has 1 aliphatic heterocycles. The van der Waals surface area contributed by atoms with Crippen molar-refractivity contribution in [3.8, 4) is 0 Å². The third-order valence-electron chi connectivity index (χ3n) is 3.99. The van der Waals surface area contributed by atoms with Crippen molar-refractivity contribution in [3.05, 3.63) is 29.8 Å². The number of nitrogens with two attached hydrogens (primary N) is 1. The smallest absolute Gasteiger partial charge is 0.238 e. The number of nitrogens with one attached hydrogen (secondary N) is 1. The average Bonchev–Trinajstić information content (AvgIpc) is 2.48. The molecule has 0 radical (unpaired) electrons. The Hall–Kier alpha value is -0.950. The molecule has 1 aliphatic rings. The molecule has 1 saturated heterocycles. The number of hydrogen-bond donors (Lipinski definition) is 2. The highest BCUT2D eigenvalue weighted by Crippen LogP contribution is 2.21. The van der Waals surface area contributed by atoms with Crippen LogP contribution in [-0.4, -0.2) is 28.2 Å². The van der Waals surface area contributed by atoms with Gasteiger partial charge in [0.2, 0.25) is 10.0 Å². The predicted molar refractivity (Wildman–Crippen MR) is 82.4 cm³/mol. The van der Waals surface area contributed by atoms with Crippen LogP contribution in [0.5, 0.6) is 0 Å². The standard InChI is InChI=1S/C15H24N2O3S/c1-2-15(17-11-12-6-8-20-9-7-12)13-4-3-5-14(10-13)21(16,18)19/h3-5,10,12,15,17H,2,6-9,11H2,1H3,(H2,16,18,19)/t15-/m1/s1. The summed E-state index contributed by atoms with van der Waals surface area (Å²) in [7, 11) is -3.65. The van der Waals surface area contributed by atoms with Crippen molar-refractivity contribution in [2.75, 3.05) is 19.8 Å². The van der Waals surface area contributed by atoms with E-state index in [1.807, 2.05) is 6.07 Å². The molecule has 1 atom stereocenters. The molecule has 1 aromatic rings. The summed E-state index contributed by atoms with van der Waals surface area (Å²) in [6.07, 6.45) is 3.07. The number of rotatable bonds is 6. The highest BCUT2D eigenvalue weighted by molar-refractivity contribution is 7.89. The predicted octanol–water partition coefficient (Wildman–Crippen LogP) is 1.80. The molecule has 1 heterocycles. The van der Waals surface area contributed by atoms with Crippen LogP contribution in [0.15, 0.2) is 29.2 Å². The molecule has 0 aromatic heterocycles. The van der Waals surface area contributed by atoms with E-state index in [0.29, 0.717) is 5.92 Å². The van der Waals surface area contributed by atoms with Gasteiger partial charge in [-0.2, -0.15) is 0 Å². The van der Waals surface area contributed by atoms with Gasteiger partial charge in [-0.05, 0) is 49.4 Å². The first-order valence-electron chi connectivity index (χ1n) is 7.44. The molecular weight excluding hydrogens is 288 g/mol. The summed E-state index contributed by atoms with van der Waals surface area (Å²) >= 11 is 0. The number of primary sulfonamides is 1. The van der Waals surface area contributed by atoms with Crippen LogP contribution in [0.2, 0.25) is 0 Å². The summed E-state index contributed by atoms with van der Waals surface area (Å²) in [5.41, 5.74) is 0.969. The number of hydrogen-bond acceptors (Lipinski definition) is 4. The van der Waals surface area contributed by atoms with E-state index >= 15 is 0 Å². The molecule has 6 heteroatoms. The molecule has 2 rings (SSSR count). The molecule has 1 aromatic carbocycles. The van der Waals surface area contributed by atoms with Gasteiger partial charge in [-0.25, -0.2) is 13.6 Å². The summed E-state index contributed by atoms with van der Waals surface area (Å²) in [6, 6.07) is 7.03. The third-order valence-corrected chi connectivity index (χ3v) is 4.90. The van der Waals surface area contributed by atoms with Gasteiger partial charge in [0.25, 0.3) is 0 Å². The lowest BCUT2D eigenvalue weighted by Crippen LogP contribution is -2.30. The molecular formula is C15H24N2O3S. The van der Waals surface area contributed by atoms with Crippen LogP contribution in [0, 0.1) is 5.92 Å². The summed E-state index contributed by atoms with van der Waals surface area (Å²) < 4.78 is 28.3. The zero-order chi connectivity index (χ0) is 15.3. The van der Waals surface area contributed by atoms with Crippen molar-refractivity contribution in [2.24, 2.45) is 11.1 Å². The van der Waals surface area contributed by atoms with Crippen LogP contribution in [0.3, 0.4) is 0 Å². The molecule has 3 N–H and O–H groups in total.